The van der Waals surface area contributed by atoms with Gasteiger partial charge in [-0.3, -0.25) is 9.80 Å². The topological polar surface area (TPSA) is 67.2 Å². The standard InChI is InChI=1S/C22H30N2O3S3/c1-14-21(29-30-22(14)28)15-10-16(12-23-6-2-18(25)3-7-23)20(27)17(11-15)13-24-8-4-19(26)5-9-24/h10-11,18-19,25-27H,2-9,12-13H2,1H3. The second kappa shape index (κ2) is 9.73. The Bertz CT molecular complexity index is 881. The van der Waals surface area contributed by atoms with Gasteiger partial charge in [-0.15, -0.1) is 0 Å². The van der Waals surface area contributed by atoms with Gasteiger partial charge in [0.25, 0.3) is 0 Å². The van der Waals surface area contributed by atoms with Crippen LogP contribution in [-0.2, 0) is 13.1 Å². The number of phenols is 1. The number of rotatable bonds is 5. The molecule has 3 N–H and O–H groups in total. The SMILES string of the molecule is Cc1c(-c2cc(CN3CCC(O)CC3)c(O)c(CN3CCC(O)CC3)c2)ssc1=S. The van der Waals surface area contributed by atoms with Crippen molar-refractivity contribution in [3.05, 3.63) is 32.6 Å². The third kappa shape index (κ3) is 5.12. The van der Waals surface area contributed by atoms with E-state index in [0.717, 1.165) is 77.9 Å². The number of hydrogen-bond donors (Lipinski definition) is 3. The van der Waals surface area contributed by atoms with E-state index in [9.17, 15) is 15.3 Å². The first-order chi connectivity index (χ1) is 14.4. The van der Waals surface area contributed by atoms with E-state index in [4.69, 9.17) is 12.2 Å². The van der Waals surface area contributed by atoms with Crippen LogP contribution in [0.1, 0.15) is 42.4 Å². The Kier molecular flexibility index (Phi) is 7.24. The first-order valence-electron chi connectivity index (χ1n) is 10.7. The molecule has 0 bridgehead atoms. The summed E-state index contributed by atoms with van der Waals surface area (Å²) in [6.07, 6.45) is 2.74. The highest BCUT2D eigenvalue weighted by Crippen LogP contribution is 2.38. The van der Waals surface area contributed by atoms with Gasteiger partial charge in [0.05, 0.1) is 17.1 Å². The number of benzene rings is 1. The number of likely N-dealkylation sites (tertiary alicyclic amines) is 2. The van der Waals surface area contributed by atoms with E-state index in [1.54, 1.807) is 20.7 Å². The van der Waals surface area contributed by atoms with Gasteiger partial charge in [0.2, 0.25) is 0 Å². The lowest BCUT2D eigenvalue weighted by Crippen LogP contribution is -2.36. The summed E-state index contributed by atoms with van der Waals surface area (Å²) in [6, 6.07) is 4.23. The van der Waals surface area contributed by atoms with Crippen molar-refractivity contribution < 1.29 is 15.3 Å². The highest BCUT2D eigenvalue weighted by molar-refractivity contribution is 7.80. The van der Waals surface area contributed by atoms with Crippen molar-refractivity contribution in [2.75, 3.05) is 26.2 Å². The molecule has 30 heavy (non-hydrogen) atoms. The fourth-order valence-electron chi connectivity index (χ4n) is 4.33. The third-order valence-electron chi connectivity index (χ3n) is 6.28. The molecule has 0 unspecified atom stereocenters. The smallest absolute Gasteiger partial charge is 0.124 e. The van der Waals surface area contributed by atoms with Gasteiger partial charge in [-0.25, -0.2) is 0 Å². The van der Waals surface area contributed by atoms with Crippen LogP contribution >= 0.6 is 32.9 Å². The van der Waals surface area contributed by atoms with Crippen LogP contribution in [0.3, 0.4) is 0 Å². The molecule has 2 fully saturated rings. The molecular formula is C22H30N2O3S3. The lowest BCUT2D eigenvalue weighted by Gasteiger charge is -2.31. The van der Waals surface area contributed by atoms with Crippen molar-refractivity contribution >= 4 is 32.9 Å². The van der Waals surface area contributed by atoms with Crippen molar-refractivity contribution in [2.24, 2.45) is 0 Å². The molecule has 5 nitrogen and oxygen atoms in total. The number of phenolic OH excluding ortho intramolecular Hbond substituents is 1. The largest absolute Gasteiger partial charge is 0.507 e. The summed E-state index contributed by atoms with van der Waals surface area (Å²) < 4.78 is 0.932. The Labute approximate surface area is 190 Å². The number of aromatic hydroxyl groups is 1. The van der Waals surface area contributed by atoms with Crippen molar-refractivity contribution in [1.82, 2.24) is 9.80 Å². The monoisotopic (exact) mass is 466 g/mol. The maximum atomic E-state index is 11.1. The molecule has 0 radical (unpaired) electrons. The highest BCUT2D eigenvalue weighted by Gasteiger charge is 2.23. The van der Waals surface area contributed by atoms with Gasteiger partial charge < -0.3 is 15.3 Å². The zero-order chi connectivity index (χ0) is 21.3. The van der Waals surface area contributed by atoms with Crippen LogP contribution in [-0.4, -0.2) is 63.5 Å². The second-order valence-corrected chi connectivity index (χ2v) is 11.4. The molecule has 0 spiro atoms. The molecule has 0 atom stereocenters. The van der Waals surface area contributed by atoms with Crippen molar-refractivity contribution in [3.63, 3.8) is 0 Å². The number of hydrogen-bond acceptors (Lipinski definition) is 8. The summed E-state index contributed by atoms with van der Waals surface area (Å²) in [5, 5.41) is 30.8. The zero-order valence-corrected chi connectivity index (χ0v) is 19.8. The van der Waals surface area contributed by atoms with E-state index in [2.05, 4.69) is 28.9 Å². The van der Waals surface area contributed by atoms with Crippen LogP contribution in [0, 0.1) is 10.7 Å². The van der Waals surface area contributed by atoms with E-state index < -0.39 is 0 Å². The highest BCUT2D eigenvalue weighted by atomic mass is 32.9. The summed E-state index contributed by atoms with van der Waals surface area (Å²) in [4.78, 5) is 5.82. The fourth-order valence-corrected chi connectivity index (χ4v) is 7.21. The van der Waals surface area contributed by atoms with Crippen molar-refractivity contribution in [1.29, 1.82) is 0 Å². The normalized spacial score (nSPS) is 20.1. The molecular weight excluding hydrogens is 436 g/mol. The summed E-state index contributed by atoms with van der Waals surface area (Å²) in [7, 11) is 3.34. The summed E-state index contributed by atoms with van der Waals surface area (Å²) >= 11 is 5.46. The Morgan fingerprint density at radius 1 is 0.900 bits per heavy atom. The van der Waals surface area contributed by atoms with Gasteiger partial charge in [0.1, 0.15) is 9.57 Å². The molecule has 0 aliphatic carbocycles. The molecule has 1 aromatic carbocycles. The minimum Gasteiger partial charge on any atom is -0.507 e. The van der Waals surface area contributed by atoms with E-state index in [1.165, 1.54) is 4.88 Å². The fraction of sp³-hybridized carbons (Fsp3) is 0.591. The van der Waals surface area contributed by atoms with Crippen LogP contribution in [0.5, 0.6) is 5.75 Å². The first-order valence-corrected chi connectivity index (χ1v) is 13.2. The molecule has 2 aromatic rings. The Hall–Kier alpha value is -0.870. The van der Waals surface area contributed by atoms with Gasteiger partial charge in [0, 0.05) is 50.4 Å². The molecule has 1 aromatic heterocycles. The number of piperidine rings is 2. The Morgan fingerprint density at radius 3 is 1.77 bits per heavy atom. The van der Waals surface area contributed by atoms with Gasteiger partial charge in [-0.2, -0.15) is 0 Å². The molecule has 4 rings (SSSR count). The summed E-state index contributed by atoms with van der Waals surface area (Å²) in [5.74, 6) is 0.382. The zero-order valence-electron chi connectivity index (χ0n) is 17.3. The maximum absolute atomic E-state index is 11.1. The van der Waals surface area contributed by atoms with E-state index in [1.807, 2.05) is 0 Å². The maximum Gasteiger partial charge on any atom is 0.124 e. The quantitative estimate of drug-likeness (QED) is 0.455. The Balaban J connectivity index is 1.64. The van der Waals surface area contributed by atoms with Crippen molar-refractivity contribution in [3.8, 4) is 16.2 Å². The van der Waals surface area contributed by atoms with Crippen LogP contribution in [0.15, 0.2) is 12.1 Å². The second-order valence-electron chi connectivity index (χ2n) is 8.57. The number of nitrogens with zero attached hydrogens (tertiary/aromatic N) is 2. The van der Waals surface area contributed by atoms with E-state index in [-0.39, 0.29) is 12.2 Å². The summed E-state index contributed by atoms with van der Waals surface area (Å²) in [5.41, 5.74) is 4.16. The van der Waals surface area contributed by atoms with Crippen molar-refractivity contribution in [2.45, 2.75) is 57.9 Å². The minimum atomic E-state index is -0.202. The molecule has 2 aliphatic rings. The van der Waals surface area contributed by atoms with Gasteiger partial charge in [0.15, 0.2) is 0 Å². The van der Waals surface area contributed by atoms with E-state index >= 15 is 0 Å². The Morgan fingerprint density at radius 2 is 1.37 bits per heavy atom. The molecule has 3 heterocycles. The predicted molar refractivity (Wildman–Crippen MR) is 126 cm³/mol. The van der Waals surface area contributed by atoms with Crippen LogP contribution in [0.2, 0.25) is 0 Å². The first kappa shape index (κ1) is 22.3. The number of aliphatic hydroxyl groups is 2. The van der Waals surface area contributed by atoms with Gasteiger partial charge in [-0.1, -0.05) is 32.9 Å². The minimum absolute atomic E-state index is 0.202. The molecule has 2 aliphatic heterocycles. The van der Waals surface area contributed by atoms with Gasteiger partial charge >= 0.3 is 0 Å². The van der Waals surface area contributed by atoms with Crippen LogP contribution in [0.25, 0.3) is 10.4 Å². The summed E-state index contributed by atoms with van der Waals surface area (Å²) in [6.45, 7) is 6.84. The third-order valence-corrected chi connectivity index (χ3v) is 9.65. The number of aliphatic hydroxyl groups excluding tert-OH is 2. The molecule has 0 amide bonds. The average Bonchev–Trinajstić information content (AvgIpc) is 3.07. The average molecular weight is 467 g/mol. The van der Waals surface area contributed by atoms with Crippen LogP contribution in [0.4, 0.5) is 0 Å². The molecule has 2 saturated heterocycles. The molecule has 8 heteroatoms. The van der Waals surface area contributed by atoms with Crippen LogP contribution < -0.4 is 0 Å². The molecule has 164 valence electrons. The van der Waals surface area contributed by atoms with E-state index in [0.29, 0.717) is 18.8 Å². The predicted octanol–water partition coefficient (Wildman–Crippen LogP) is 4.13. The molecule has 0 saturated carbocycles. The van der Waals surface area contributed by atoms with Gasteiger partial charge in [-0.05, 0) is 55.9 Å². The lowest BCUT2D eigenvalue weighted by atomic mass is 9.99. The lowest BCUT2D eigenvalue weighted by molar-refractivity contribution is 0.0779.